The lowest BCUT2D eigenvalue weighted by Gasteiger charge is -2.33. The Balaban J connectivity index is 1.72. The van der Waals surface area contributed by atoms with Crippen molar-refractivity contribution in [3.63, 3.8) is 0 Å². The fourth-order valence-corrected chi connectivity index (χ4v) is 4.37. The zero-order valence-corrected chi connectivity index (χ0v) is 18.2. The lowest BCUT2D eigenvalue weighted by molar-refractivity contribution is 0.0672. The Bertz CT molecular complexity index is 1190. The van der Waals surface area contributed by atoms with Gasteiger partial charge < -0.3 is 9.64 Å². The van der Waals surface area contributed by atoms with Crippen molar-refractivity contribution in [2.45, 2.75) is 32.7 Å². The van der Waals surface area contributed by atoms with Gasteiger partial charge in [0.2, 0.25) is 5.88 Å². The first-order valence-electron chi connectivity index (χ1n) is 10.2. The Morgan fingerprint density at radius 3 is 2.72 bits per heavy atom. The summed E-state index contributed by atoms with van der Waals surface area (Å²) in [5, 5.41) is 4.57. The molecule has 1 atom stereocenters. The molecule has 1 amide bonds. The minimum absolute atomic E-state index is 0.167. The fraction of sp³-hybridized carbons (Fsp3) is 0.348. The van der Waals surface area contributed by atoms with Crippen LogP contribution in [-0.4, -0.2) is 39.2 Å². The van der Waals surface area contributed by atoms with Crippen molar-refractivity contribution >= 4 is 5.91 Å². The topological polar surface area (TPSA) is 60.2 Å². The number of amides is 1. The number of pyridine rings is 1. The molecule has 0 aliphatic carbocycles. The molecule has 3 aromatic rings. The van der Waals surface area contributed by atoms with E-state index in [4.69, 9.17) is 4.74 Å². The summed E-state index contributed by atoms with van der Waals surface area (Å²) in [4.78, 5) is 19.2. The van der Waals surface area contributed by atoms with Crippen LogP contribution < -0.4 is 4.74 Å². The predicted octanol–water partition coefficient (Wildman–Crippen LogP) is 4.64. The van der Waals surface area contributed by atoms with Crippen LogP contribution in [0.4, 0.5) is 13.2 Å². The molecule has 0 unspecified atom stereocenters. The van der Waals surface area contributed by atoms with Gasteiger partial charge in [-0.05, 0) is 44.5 Å². The summed E-state index contributed by atoms with van der Waals surface area (Å²) in [6.07, 6.45) is -0.778. The number of hydrogen-bond donors (Lipinski definition) is 0. The third-order valence-corrected chi connectivity index (χ3v) is 5.93. The number of carbonyl (C=O) groups is 1. The van der Waals surface area contributed by atoms with Crippen molar-refractivity contribution in [2.75, 3.05) is 13.7 Å². The second-order valence-corrected chi connectivity index (χ2v) is 7.83. The maximum Gasteiger partial charge on any atom is 0.263 e. The molecule has 168 valence electrons. The van der Waals surface area contributed by atoms with E-state index in [0.717, 1.165) is 11.6 Å². The zero-order chi connectivity index (χ0) is 23.2. The number of aromatic nitrogens is 3. The monoisotopic (exact) mass is 444 g/mol. The van der Waals surface area contributed by atoms with Crippen LogP contribution in [0.1, 0.15) is 52.1 Å². The van der Waals surface area contributed by atoms with E-state index in [1.807, 2.05) is 6.92 Å². The predicted molar refractivity (Wildman–Crippen MR) is 112 cm³/mol. The summed E-state index contributed by atoms with van der Waals surface area (Å²) < 4.78 is 47.3. The number of rotatable bonds is 4. The van der Waals surface area contributed by atoms with Gasteiger partial charge >= 0.3 is 0 Å². The van der Waals surface area contributed by atoms with Gasteiger partial charge in [-0.1, -0.05) is 0 Å². The van der Waals surface area contributed by atoms with Crippen molar-refractivity contribution < 1.29 is 22.7 Å². The molecule has 0 saturated carbocycles. The summed E-state index contributed by atoms with van der Waals surface area (Å²) in [6, 6.07) is 4.67. The number of fused-ring (bicyclic) bond motifs is 1. The van der Waals surface area contributed by atoms with E-state index in [-0.39, 0.29) is 17.5 Å². The van der Waals surface area contributed by atoms with Gasteiger partial charge in [0.15, 0.2) is 0 Å². The first kappa shape index (κ1) is 21.9. The van der Waals surface area contributed by atoms with Crippen molar-refractivity contribution in [1.82, 2.24) is 19.7 Å². The second-order valence-electron chi connectivity index (χ2n) is 7.83. The van der Waals surface area contributed by atoms with Crippen LogP contribution in [-0.2, 0) is 13.5 Å². The molecule has 0 N–H and O–H groups in total. The molecule has 3 heterocycles. The van der Waals surface area contributed by atoms with Crippen molar-refractivity contribution in [3.05, 3.63) is 64.2 Å². The highest BCUT2D eigenvalue weighted by atomic mass is 19.3. The van der Waals surface area contributed by atoms with Crippen molar-refractivity contribution in [2.24, 2.45) is 7.05 Å². The van der Waals surface area contributed by atoms with Gasteiger partial charge in [0.25, 0.3) is 12.3 Å². The Hall–Kier alpha value is -3.36. The number of methoxy groups -OCH3 is 1. The summed E-state index contributed by atoms with van der Waals surface area (Å²) >= 11 is 0. The van der Waals surface area contributed by atoms with Crippen LogP contribution in [0.2, 0.25) is 0 Å². The van der Waals surface area contributed by atoms with E-state index in [1.54, 1.807) is 29.6 Å². The van der Waals surface area contributed by atoms with E-state index in [0.29, 0.717) is 46.9 Å². The number of benzene rings is 1. The summed E-state index contributed by atoms with van der Waals surface area (Å²) in [5.74, 6) is -0.503. The molecule has 0 fully saturated rings. The molecule has 9 heteroatoms. The highest BCUT2D eigenvalue weighted by Gasteiger charge is 2.34. The molecule has 0 spiro atoms. The number of carbonyl (C=O) groups excluding carboxylic acids is 1. The second kappa shape index (κ2) is 8.29. The Morgan fingerprint density at radius 2 is 2.03 bits per heavy atom. The molecule has 32 heavy (non-hydrogen) atoms. The zero-order valence-electron chi connectivity index (χ0n) is 18.2. The standard InChI is InChI=1S/C23H23F3N4O2/c1-12-17(5-7-27-22(12)32-4)23(31)30-8-6-18-19(13(30)2)28-29(3)20(18)14-9-15(21(25)26)11-16(24)10-14/h5,7,9-11,13,21H,6,8H2,1-4H3/t13-/m0/s1. The lowest BCUT2D eigenvalue weighted by Crippen LogP contribution is -2.39. The van der Waals surface area contributed by atoms with Gasteiger partial charge in [0, 0.05) is 47.6 Å². The van der Waals surface area contributed by atoms with Gasteiger partial charge in [-0.3, -0.25) is 9.48 Å². The van der Waals surface area contributed by atoms with Crippen LogP contribution in [0.15, 0.2) is 30.5 Å². The van der Waals surface area contributed by atoms with Crippen LogP contribution in [0.3, 0.4) is 0 Å². The molecule has 1 aliphatic heterocycles. The van der Waals surface area contributed by atoms with Crippen LogP contribution in [0.25, 0.3) is 11.3 Å². The maximum absolute atomic E-state index is 14.0. The third-order valence-electron chi connectivity index (χ3n) is 5.93. The SMILES string of the molecule is COc1nccc(C(=O)N2CCc3c(nn(C)c3-c3cc(F)cc(C(F)F)c3)[C@@H]2C)c1C. The van der Waals surface area contributed by atoms with E-state index in [2.05, 4.69) is 10.1 Å². The van der Waals surface area contributed by atoms with Gasteiger partial charge in [-0.2, -0.15) is 5.10 Å². The van der Waals surface area contributed by atoms with E-state index in [1.165, 1.54) is 25.4 Å². The van der Waals surface area contributed by atoms with Crippen molar-refractivity contribution in [1.29, 1.82) is 0 Å². The molecule has 1 aliphatic rings. The lowest BCUT2D eigenvalue weighted by atomic mass is 9.94. The minimum Gasteiger partial charge on any atom is -0.481 e. The Morgan fingerprint density at radius 1 is 1.28 bits per heavy atom. The highest BCUT2D eigenvalue weighted by molar-refractivity contribution is 5.96. The summed E-state index contributed by atoms with van der Waals surface area (Å²) in [6.45, 7) is 4.06. The Kier molecular flexibility index (Phi) is 5.66. The number of alkyl halides is 2. The molecule has 6 nitrogen and oxygen atoms in total. The first-order valence-corrected chi connectivity index (χ1v) is 10.2. The number of nitrogens with zero attached hydrogens (tertiary/aromatic N) is 4. The summed E-state index contributed by atoms with van der Waals surface area (Å²) in [7, 11) is 3.19. The van der Waals surface area contributed by atoms with E-state index in [9.17, 15) is 18.0 Å². The average Bonchev–Trinajstić information content (AvgIpc) is 3.10. The van der Waals surface area contributed by atoms with Crippen molar-refractivity contribution in [3.8, 4) is 17.1 Å². The number of aryl methyl sites for hydroxylation is 1. The van der Waals surface area contributed by atoms with Gasteiger partial charge in [-0.25, -0.2) is 18.2 Å². The molecule has 4 rings (SSSR count). The Labute approximate surface area is 183 Å². The average molecular weight is 444 g/mol. The van der Waals surface area contributed by atoms with E-state index >= 15 is 0 Å². The largest absolute Gasteiger partial charge is 0.481 e. The molecule has 0 saturated heterocycles. The highest BCUT2D eigenvalue weighted by Crippen LogP contribution is 2.37. The van der Waals surface area contributed by atoms with Crippen LogP contribution in [0, 0.1) is 12.7 Å². The van der Waals surface area contributed by atoms with Gasteiger partial charge in [-0.15, -0.1) is 0 Å². The quantitative estimate of drug-likeness (QED) is 0.589. The summed E-state index contributed by atoms with van der Waals surface area (Å²) in [5.41, 5.74) is 3.20. The number of hydrogen-bond acceptors (Lipinski definition) is 4. The van der Waals surface area contributed by atoms with Crippen LogP contribution >= 0.6 is 0 Å². The smallest absolute Gasteiger partial charge is 0.263 e. The number of halogens is 3. The fourth-order valence-electron chi connectivity index (χ4n) is 4.37. The minimum atomic E-state index is -2.78. The number of ether oxygens (including phenoxy) is 1. The molecular formula is C23H23F3N4O2. The normalized spacial score (nSPS) is 15.8. The molecule has 2 aromatic heterocycles. The molecule has 0 bridgehead atoms. The van der Waals surface area contributed by atoms with Gasteiger partial charge in [0.1, 0.15) is 5.82 Å². The van der Waals surface area contributed by atoms with Gasteiger partial charge in [0.05, 0.1) is 24.5 Å². The molecule has 1 aromatic carbocycles. The molecular weight excluding hydrogens is 421 g/mol. The molecule has 0 radical (unpaired) electrons. The van der Waals surface area contributed by atoms with E-state index < -0.39 is 12.2 Å². The third kappa shape index (κ3) is 3.61. The first-order chi connectivity index (χ1) is 15.2. The van der Waals surface area contributed by atoms with Crippen LogP contribution in [0.5, 0.6) is 5.88 Å². The maximum atomic E-state index is 14.0.